The van der Waals surface area contributed by atoms with Crippen LogP contribution < -0.4 is 9.64 Å². The van der Waals surface area contributed by atoms with E-state index in [-0.39, 0.29) is 17.9 Å². The average Bonchev–Trinajstić information content (AvgIpc) is 2.79. The zero-order valence-corrected chi connectivity index (χ0v) is 13.8. The Kier molecular flexibility index (Phi) is 5.51. The minimum atomic E-state index is 0.105. The van der Waals surface area contributed by atoms with Gasteiger partial charge in [-0.05, 0) is 38.0 Å². The van der Waals surface area contributed by atoms with Gasteiger partial charge in [0.2, 0.25) is 5.91 Å². The SMILES string of the molecule is CCCCC(C)Oc1ccc(N2CCC(C)C2=O)cc1Cl. The Morgan fingerprint density at radius 1 is 1.48 bits per heavy atom. The van der Waals surface area contributed by atoms with Crippen molar-refractivity contribution in [2.45, 2.75) is 52.6 Å². The van der Waals surface area contributed by atoms with Crippen LogP contribution in [0.3, 0.4) is 0 Å². The van der Waals surface area contributed by atoms with Crippen molar-refractivity contribution >= 4 is 23.2 Å². The lowest BCUT2D eigenvalue weighted by molar-refractivity contribution is -0.119. The number of unbranched alkanes of at least 4 members (excludes halogenated alkanes) is 1. The van der Waals surface area contributed by atoms with Crippen LogP contribution in [-0.2, 0) is 4.79 Å². The summed E-state index contributed by atoms with van der Waals surface area (Å²) in [5.41, 5.74) is 0.864. The molecule has 0 N–H and O–H groups in total. The van der Waals surface area contributed by atoms with Crippen LogP contribution >= 0.6 is 11.6 Å². The first-order valence-electron chi connectivity index (χ1n) is 7.80. The monoisotopic (exact) mass is 309 g/mol. The van der Waals surface area contributed by atoms with Gasteiger partial charge in [-0.25, -0.2) is 0 Å². The normalized spacial score (nSPS) is 19.9. The lowest BCUT2D eigenvalue weighted by atomic mass is 10.1. The minimum Gasteiger partial charge on any atom is -0.489 e. The number of anilines is 1. The predicted octanol–water partition coefficient (Wildman–Crippen LogP) is 4.67. The summed E-state index contributed by atoms with van der Waals surface area (Å²) in [6.45, 7) is 6.97. The molecule has 2 rings (SSSR count). The fourth-order valence-corrected chi connectivity index (χ4v) is 2.82. The molecule has 1 saturated heterocycles. The zero-order chi connectivity index (χ0) is 15.4. The van der Waals surface area contributed by atoms with E-state index in [1.165, 1.54) is 0 Å². The van der Waals surface area contributed by atoms with Crippen molar-refractivity contribution in [3.8, 4) is 5.75 Å². The number of carbonyl (C=O) groups is 1. The quantitative estimate of drug-likeness (QED) is 0.764. The molecule has 1 aromatic rings. The number of hydrogen-bond acceptors (Lipinski definition) is 2. The van der Waals surface area contributed by atoms with Crippen LogP contribution in [0.1, 0.15) is 46.5 Å². The average molecular weight is 310 g/mol. The molecule has 0 aliphatic carbocycles. The van der Waals surface area contributed by atoms with Crippen LogP contribution in [0, 0.1) is 5.92 Å². The van der Waals surface area contributed by atoms with Crippen LogP contribution in [0.2, 0.25) is 5.02 Å². The first-order chi connectivity index (χ1) is 10.0. The molecule has 0 aromatic heterocycles. The molecule has 1 amide bonds. The van der Waals surface area contributed by atoms with Crippen molar-refractivity contribution < 1.29 is 9.53 Å². The Morgan fingerprint density at radius 2 is 2.24 bits per heavy atom. The standard InChI is InChI=1S/C17H24ClNO2/c1-4-5-6-13(3)21-16-8-7-14(11-15(16)18)19-10-9-12(2)17(19)20/h7-8,11-13H,4-6,9-10H2,1-3H3. The molecule has 116 valence electrons. The van der Waals surface area contributed by atoms with E-state index in [9.17, 15) is 4.79 Å². The van der Waals surface area contributed by atoms with E-state index >= 15 is 0 Å². The van der Waals surface area contributed by atoms with Crippen molar-refractivity contribution in [2.75, 3.05) is 11.4 Å². The highest BCUT2D eigenvalue weighted by molar-refractivity contribution is 6.32. The molecular formula is C17H24ClNO2. The van der Waals surface area contributed by atoms with Gasteiger partial charge in [-0.2, -0.15) is 0 Å². The van der Waals surface area contributed by atoms with Gasteiger partial charge in [-0.15, -0.1) is 0 Å². The molecule has 1 fully saturated rings. The fraction of sp³-hybridized carbons (Fsp3) is 0.588. The smallest absolute Gasteiger partial charge is 0.229 e. The predicted molar refractivity (Wildman–Crippen MR) is 87.2 cm³/mol. The molecule has 1 aliphatic heterocycles. The van der Waals surface area contributed by atoms with Crippen LogP contribution in [0.25, 0.3) is 0 Å². The summed E-state index contributed by atoms with van der Waals surface area (Å²) >= 11 is 6.31. The van der Waals surface area contributed by atoms with E-state index in [1.54, 1.807) is 4.90 Å². The van der Waals surface area contributed by atoms with Gasteiger partial charge < -0.3 is 9.64 Å². The number of amides is 1. The van der Waals surface area contributed by atoms with E-state index in [0.29, 0.717) is 10.8 Å². The van der Waals surface area contributed by atoms with E-state index in [4.69, 9.17) is 16.3 Å². The van der Waals surface area contributed by atoms with Gasteiger partial charge in [-0.3, -0.25) is 4.79 Å². The molecule has 2 unspecified atom stereocenters. The third-order valence-electron chi connectivity index (χ3n) is 3.99. The van der Waals surface area contributed by atoms with Crippen molar-refractivity contribution in [3.63, 3.8) is 0 Å². The van der Waals surface area contributed by atoms with Gasteiger partial charge in [0.25, 0.3) is 0 Å². The zero-order valence-electron chi connectivity index (χ0n) is 13.1. The third kappa shape index (κ3) is 3.91. The first-order valence-corrected chi connectivity index (χ1v) is 8.18. The largest absolute Gasteiger partial charge is 0.489 e. The minimum absolute atomic E-state index is 0.105. The molecule has 3 nitrogen and oxygen atoms in total. The van der Waals surface area contributed by atoms with Crippen LogP contribution in [0.4, 0.5) is 5.69 Å². The Labute approximate surface area is 132 Å². The summed E-state index contributed by atoms with van der Waals surface area (Å²) < 4.78 is 5.88. The molecule has 2 atom stereocenters. The van der Waals surface area contributed by atoms with Gasteiger partial charge in [0.05, 0.1) is 11.1 Å². The van der Waals surface area contributed by atoms with Crippen molar-refractivity contribution in [1.29, 1.82) is 0 Å². The third-order valence-corrected chi connectivity index (χ3v) is 4.29. The number of carbonyl (C=O) groups excluding carboxylic acids is 1. The van der Waals surface area contributed by atoms with Crippen LogP contribution in [0.5, 0.6) is 5.75 Å². The molecule has 0 spiro atoms. The first kappa shape index (κ1) is 16.2. The van der Waals surface area contributed by atoms with Gasteiger partial charge >= 0.3 is 0 Å². The topological polar surface area (TPSA) is 29.5 Å². The molecule has 0 bridgehead atoms. The van der Waals surface area contributed by atoms with Crippen LogP contribution in [-0.4, -0.2) is 18.6 Å². The van der Waals surface area contributed by atoms with E-state index in [0.717, 1.165) is 37.9 Å². The highest BCUT2D eigenvalue weighted by Crippen LogP contribution is 2.33. The number of benzene rings is 1. The second-order valence-electron chi connectivity index (χ2n) is 5.87. The lowest BCUT2D eigenvalue weighted by Gasteiger charge is -2.19. The van der Waals surface area contributed by atoms with Gasteiger partial charge in [0, 0.05) is 18.2 Å². The molecule has 0 saturated carbocycles. The van der Waals surface area contributed by atoms with Crippen LogP contribution in [0.15, 0.2) is 18.2 Å². The van der Waals surface area contributed by atoms with E-state index < -0.39 is 0 Å². The summed E-state index contributed by atoms with van der Waals surface area (Å²) in [4.78, 5) is 13.9. The maximum Gasteiger partial charge on any atom is 0.229 e. The summed E-state index contributed by atoms with van der Waals surface area (Å²) in [5, 5.41) is 0.572. The number of hydrogen-bond donors (Lipinski definition) is 0. The maximum absolute atomic E-state index is 12.0. The number of nitrogens with zero attached hydrogens (tertiary/aromatic N) is 1. The Morgan fingerprint density at radius 3 is 2.81 bits per heavy atom. The Hall–Kier alpha value is -1.22. The summed E-state index contributed by atoms with van der Waals surface area (Å²) in [6, 6.07) is 5.62. The van der Waals surface area contributed by atoms with Crippen molar-refractivity contribution in [2.24, 2.45) is 5.92 Å². The second-order valence-corrected chi connectivity index (χ2v) is 6.27. The number of halogens is 1. The number of rotatable bonds is 6. The van der Waals surface area contributed by atoms with Gasteiger partial charge in [0.15, 0.2) is 0 Å². The van der Waals surface area contributed by atoms with Gasteiger partial charge in [0.1, 0.15) is 5.75 Å². The fourth-order valence-electron chi connectivity index (χ4n) is 2.60. The molecule has 21 heavy (non-hydrogen) atoms. The summed E-state index contributed by atoms with van der Waals surface area (Å²) in [7, 11) is 0. The molecule has 1 heterocycles. The Balaban J connectivity index is 2.05. The highest BCUT2D eigenvalue weighted by atomic mass is 35.5. The van der Waals surface area contributed by atoms with Crippen molar-refractivity contribution in [1.82, 2.24) is 0 Å². The molecule has 1 aromatic carbocycles. The molecule has 1 aliphatic rings. The molecular weight excluding hydrogens is 286 g/mol. The lowest BCUT2D eigenvalue weighted by Crippen LogP contribution is -2.26. The molecule has 4 heteroatoms. The number of ether oxygens (including phenoxy) is 1. The second kappa shape index (κ2) is 7.17. The Bertz CT molecular complexity index is 504. The van der Waals surface area contributed by atoms with Crippen molar-refractivity contribution in [3.05, 3.63) is 23.2 Å². The van der Waals surface area contributed by atoms with E-state index in [1.807, 2.05) is 25.1 Å². The van der Waals surface area contributed by atoms with Gasteiger partial charge in [-0.1, -0.05) is 38.3 Å². The maximum atomic E-state index is 12.0. The summed E-state index contributed by atoms with van der Waals surface area (Å²) in [5.74, 6) is 0.980. The summed E-state index contributed by atoms with van der Waals surface area (Å²) in [6.07, 6.45) is 4.40. The van der Waals surface area contributed by atoms with E-state index in [2.05, 4.69) is 13.8 Å². The molecule has 0 radical (unpaired) electrons. The highest BCUT2D eigenvalue weighted by Gasteiger charge is 2.29.